The van der Waals surface area contributed by atoms with Crippen LogP contribution in [0.25, 0.3) is 11.1 Å². The highest BCUT2D eigenvalue weighted by Crippen LogP contribution is 2.30. The number of carbonyl (C=O) groups excluding carboxylic acids is 1. The van der Waals surface area contributed by atoms with Gasteiger partial charge in [-0.15, -0.1) is 0 Å². The molecule has 0 bridgehead atoms. The molecule has 0 aliphatic carbocycles. The quantitative estimate of drug-likeness (QED) is 0.855. The summed E-state index contributed by atoms with van der Waals surface area (Å²) in [5.41, 5.74) is 2.05. The molecular formula is C18H18ClFN2OS. The highest BCUT2D eigenvalue weighted by Gasteiger charge is 2.18. The molecule has 3 nitrogen and oxygen atoms in total. The second-order valence-electron chi connectivity index (χ2n) is 5.68. The first-order valence-electron chi connectivity index (χ1n) is 7.78. The number of amides is 1. The van der Waals surface area contributed by atoms with Gasteiger partial charge in [-0.3, -0.25) is 4.79 Å². The Morgan fingerprint density at radius 3 is 2.79 bits per heavy atom. The molecule has 2 aromatic rings. The second kappa shape index (κ2) is 8.01. The van der Waals surface area contributed by atoms with E-state index in [4.69, 9.17) is 11.6 Å². The normalized spacial score (nSPS) is 17.5. The van der Waals surface area contributed by atoms with Crippen molar-refractivity contribution in [3.8, 4) is 11.1 Å². The molecular weight excluding hydrogens is 347 g/mol. The third-order valence-corrected chi connectivity index (χ3v) is 5.22. The van der Waals surface area contributed by atoms with E-state index in [9.17, 15) is 9.18 Å². The summed E-state index contributed by atoms with van der Waals surface area (Å²) in [5.74, 6) is 1.60. The van der Waals surface area contributed by atoms with E-state index in [0.717, 1.165) is 23.6 Å². The van der Waals surface area contributed by atoms with E-state index in [1.165, 1.54) is 12.1 Å². The highest BCUT2D eigenvalue weighted by atomic mass is 35.5. The third-order valence-electron chi connectivity index (χ3n) is 3.84. The Labute approximate surface area is 150 Å². The van der Waals surface area contributed by atoms with Gasteiger partial charge < -0.3 is 10.6 Å². The van der Waals surface area contributed by atoms with Crippen molar-refractivity contribution in [1.82, 2.24) is 5.32 Å². The minimum atomic E-state index is -0.344. The first-order valence-corrected chi connectivity index (χ1v) is 9.31. The smallest absolute Gasteiger partial charge is 0.225 e. The Kier molecular flexibility index (Phi) is 5.76. The van der Waals surface area contributed by atoms with Crippen LogP contribution in [0.15, 0.2) is 42.5 Å². The zero-order valence-electron chi connectivity index (χ0n) is 13.0. The SMILES string of the molecule is O=C(CC1CSCCN1)Nc1ccc(F)cc1-c1ccc(Cl)cc1. The molecule has 0 spiro atoms. The molecule has 1 saturated heterocycles. The number of hydrogen-bond donors (Lipinski definition) is 2. The lowest BCUT2D eigenvalue weighted by molar-refractivity contribution is -0.116. The van der Waals surface area contributed by atoms with Crippen LogP contribution in [0.5, 0.6) is 0 Å². The van der Waals surface area contributed by atoms with Crippen LogP contribution in [0.2, 0.25) is 5.02 Å². The van der Waals surface area contributed by atoms with Gasteiger partial charge in [0.05, 0.1) is 0 Å². The molecule has 0 saturated carbocycles. The summed E-state index contributed by atoms with van der Waals surface area (Å²) in [6.45, 7) is 0.926. The van der Waals surface area contributed by atoms with E-state index in [0.29, 0.717) is 22.7 Å². The van der Waals surface area contributed by atoms with Gasteiger partial charge in [0.1, 0.15) is 5.82 Å². The lowest BCUT2D eigenvalue weighted by Gasteiger charge is -2.22. The minimum Gasteiger partial charge on any atom is -0.325 e. The largest absolute Gasteiger partial charge is 0.325 e. The van der Waals surface area contributed by atoms with Crippen LogP contribution in [0.4, 0.5) is 10.1 Å². The van der Waals surface area contributed by atoms with Crippen molar-refractivity contribution in [3.63, 3.8) is 0 Å². The van der Waals surface area contributed by atoms with Crippen molar-refractivity contribution in [2.45, 2.75) is 12.5 Å². The molecule has 0 radical (unpaired) electrons. The molecule has 1 atom stereocenters. The van der Waals surface area contributed by atoms with Gasteiger partial charge in [-0.1, -0.05) is 23.7 Å². The average Bonchev–Trinajstić information content (AvgIpc) is 2.58. The van der Waals surface area contributed by atoms with Crippen molar-refractivity contribution < 1.29 is 9.18 Å². The summed E-state index contributed by atoms with van der Waals surface area (Å²) in [7, 11) is 0. The van der Waals surface area contributed by atoms with Gasteiger partial charge in [0, 0.05) is 46.8 Å². The third kappa shape index (κ3) is 4.50. The molecule has 1 heterocycles. The molecule has 24 heavy (non-hydrogen) atoms. The Bertz CT molecular complexity index is 717. The lowest BCUT2D eigenvalue weighted by Crippen LogP contribution is -2.39. The van der Waals surface area contributed by atoms with Crippen LogP contribution in [0.1, 0.15) is 6.42 Å². The van der Waals surface area contributed by atoms with Crippen molar-refractivity contribution in [1.29, 1.82) is 0 Å². The maximum Gasteiger partial charge on any atom is 0.225 e. The zero-order chi connectivity index (χ0) is 16.9. The summed E-state index contributed by atoms with van der Waals surface area (Å²) >= 11 is 7.76. The number of anilines is 1. The van der Waals surface area contributed by atoms with E-state index < -0.39 is 0 Å². The molecule has 126 valence electrons. The van der Waals surface area contributed by atoms with Gasteiger partial charge in [0.15, 0.2) is 0 Å². The Balaban J connectivity index is 1.77. The summed E-state index contributed by atoms with van der Waals surface area (Å²) in [6.07, 6.45) is 0.407. The van der Waals surface area contributed by atoms with E-state index in [1.807, 2.05) is 23.9 Å². The topological polar surface area (TPSA) is 41.1 Å². The summed E-state index contributed by atoms with van der Waals surface area (Å²) in [6, 6.07) is 11.7. The second-order valence-corrected chi connectivity index (χ2v) is 7.26. The van der Waals surface area contributed by atoms with Crippen LogP contribution < -0.4 is 10.6 Å². The van der Waals surface area contributed by atoms with Gasteiger partial charge in [0.25, 0.3) is 0 Å². The maximum absolute atomic E-state index is 13.7. The fraction of sp³-hybridized carbons (Fsp3) is 0.278. The number of nitrogens with one attached hydrogen (secondary N) is 2. The Morgan fingerprint density at radius 2 is 2.08 bits per heavy atom. The summed E-state index contributed by atoms with van der Waals surface area (Å²) in [4.78, 5) is 12.3. The molecule has 3 rings (SSSR count). The van der Waals surface area contributed by atoms with E-state index in [-0.39, 0.29) is 17.8 Å². The zero-order valence-corrected chi connectivity index (χ0v) is 14.6. The first kappa shape index (κ1) is 17.3. The fourth-order valence-corrected chi connectivity index (χ4v) is 3.74. The fourth-order valence-electron chi connectivity index (χ4n) is 2.67. The number of hydrogen-bond acceptors (Lipinski definition) is 3. The predicted octanol–water partition coefficient (Wildman–Crippen LogP) is 4.18. The molecule has 2 N–H and O–H groups in total. The van der Waals surface area contributed by atoms with Gasteiger partial charge in [-0.05, 0) is 35.9 Å². The van der Waals surface area contributed by atoms with Crippen LogP contribution in [0, 0.1) is 5.82 Å². The highest BCUT2D eigenvalue weighted by molar-refractivity contribution is 7.99. The van der Waals surface area contributed by atoms with Gasteiger partial charge in [-0.2, -0.15) is 11.8 Å². The van der Waals surface area contributed by atoms with Gasteiger partial charge in [-0.25, -0.2) is 4.39 Å². The van der Waals surface area contributed by atoms with Crippen molar-refractivity contribution >= 4 is 35.0 Å². The monoisotopic (exact) mass is 364 g/mol. The van der Waals surface area contributed by atoms with Crippen molar-refractivity contribution in [2.75, 3.05) is 23.4 Å². The summed E-state index contributed by atoms with van der Waals surface area (Å²) < 4.78 is 13.7. The van der Waals surface area contributed by atoms with Gasteiger partial charge in [0.2, 0.25) is 5.91 Å². The molecule has 6 heteroatoms. The van der Waals surface area contributed by atoms with Crippen LogP contribution in [-0.4, -0.2) is 30.0 Å². The van der Waals surface area contributed by atoms with Crippen molar-refractivity contribution in [3.05, 3.63) is 53.3 Å². The number of rotatable bonds is 4. The predicted molar refractivity (Wildman–Crippen MR) is 99.2 cm³/mol. The van der Waals surface area contributed by atoms with E-state index >= 15 is 0 Å². The van der Waals surface area contributed by atoms with E-state index in [2.05, 4.69) is 10.6 Å². The number of carbonyl (C=O) groups is 1. The van der Waals surface area contributed by atoms with Crippen LogP contribution >= 0.6 is 23.4 Å². The molecule has 2 aromatic carbocycles. The van der Waals surface area contributed by atoms with Crippen LogP contribution in [0.3, 0.4) is 0 Å². The number of thioether (sulfide) groups is 1. The average molecular weight is 365 g/mol. The van der Waals surface area contributed by atoms with E-state index in [1.54, 1.807) is 18.2 Å². The summed E-state index contributed by atoms with van der Waals surface area (Å²) in [5, 5.41) is 6.86. The molecule has 1 aliphatic heterocycles. The molecule has 1 fully saturated rings. The maximum atomic E-state index is 13.7. The molecule has 0 aromatic heterocycles. The standard InChI is InChI=1S/C18H18ClFN2OS/c19-13-3-1-12(2-4-13)16-9-14(20)5-6-17(16)22-18(23)10-15-11-24-8-7-21-15/h1-6,9,15,21H,7-8,10-11H2,(H,22,23). The molecule has 1 unspecified atom stereocenters. The van der Waals surface area contributed by atoms with Crippen molar-refractivity contribution in [2.24, 2.45) is 0 Å². The van der Waals surface area contributed by atoms with Crippen LogP contribution in [-0.2, 0) is 4.79 Å². The lowest BCUT2D eigenvalue weighted by atomic mass is 10.0. The van der Waals surface area contributed by atoms with Gasteiger partial charge >= 0.3 is 0 Å². The Morgan fingerprint density at radius 1 is 1.29 bits per heavy atom. The first-order chi connectivity index (χ1) is 11.6. The number of halogens is 2. The molecule has 1 amide bonds. The number of benzene rings is 2. The minimum absolute atomic E-state index is 0.0724. The molecule has 1 aliphatic rings. The Hall–Kier alpha value is -1.56.